The summed E-state index contributed by atoms with van der Waals surface area (Å²) in [7, 11) is 0. The first kappa shape index (κ1) is 14.3. The Morgan fingerprint density at radius 3 is 2.56 bits per heavy atom. The van der Waals surface area contributed by atoms with Crippen molar-refractivity contribution in [2.45, 2.75) is 60.0 Å². The van der Waals surface area contributed by atoms with E-state index < -0.39 is 0 Å². The van der Waals surface area contributed by atoms with Gasteiger partial charge in [-0.15, -0.1) is 0 Å². The summed E-state index contributed by atoms with van der Waals surface area (Å²) in [6.45, 7) is 14.9. The van der Waals surface area contributed by atoms with Gasteiger partial charge < -0.3 is 10.1 Å². The monoisotopic (exact) mass is 253 g/mol. The lowest BCUT2D eigenvalue weighted by molar-refractivity contribution is -0.0566. The van der Waals surface area contributed by atoms with Crippen molar-refractivity contribution >= 4 is 0 Å². The maximum atomic E-state index is 6.29. The summed E-state index contributed by atoms with van der Waals surface area (Å²) >= 11 is 0. The molecule has 0 aromatic heterocycles. The van der Waals surface area contributed by atoms with E-state index in [9.17, 15) is 0 Å². The molecule has 2 bridgehead atoms. The fourth-order valence-electron chi connectivity index (χ4n) is 4.11. The highest BCUT2D eigenvalue weighted by molar-refractivity contribution is 5.11. The summed E-state index contributed by atoms with van der Waals surface area (Å²) in [6, 6.07) is 0. The fraction of sp³-hybridized carbons (Fsp3) is 1.00. The highest BCUT2D eigenvalue weighted by Crippen LogP contribution is 2.66. The quantitative estimate of drug-likeness (QED) is 0.782. The molecule has 2 heteroatoms. The summed E-state index contributed by atoms with van der Waals surface area (Å²) in [5.41, 5.74) is 0.887. The van der Waals surface area contributed by atoms with Gasteiger partial charge in [0.1, 0.15) is 0 Å². The molecule has 0 heterocycles. The second-order valence-electron chi connectivity index (χ2n) is 7.35. The Morgan fingerprint density at radius 2 is 2.06 bits per heavy atom. The maximum Gasteiger partial charge on any atom is 0.0636 e. The molecule has 106 valence electrons. The molecule has 0 aromatic rings. The van der Waals surface area contributed by atoms with E-state index in [-0.39, 0.29) is 0 Å². The van der Waals surface area contributed by atoms with Crippen LogP contribution in [0, 0.1) is 22.7 Å². The molecule has 2 aliphatic rings. The number of rotatable bonds is 6. The molecule has 2 nitrogen and oxygen atoms in total. The SMILES string of the molecule is CCNCC(C)COC1CC2CCC1(C)C2(C)C. The smallest absolute Gasteiger partial charge is 0.0636 e. The molecule has 0 radical (unpaired) electrons. The molecular formula is C16H31NO. The molecule has 0 saturated heterocycles. The van der Waals surface area contributed by atoms with E-state index in [0.717, 1.165) is 25.6 Å². The maximum absolute atomic E-state index is 6.29. The topological polar surface area (TPSA) is 21.3 Å². The predicted octanol–water partition coefficient (Wildman–Crippen LogP) is 3.46. The van der Waals surface area contributed by atoms with Crippen molar-refractivity contribution in [1.82, 2.24) is 5.32 Å². The van der Waals surface area contributed by atoms with Crippen molar-refractivity contribution in [2.75, 3.05) is 19.7 Å². The van der Waals surface area contributed by atoms with Gasteiger partial charge in [0.25, 0.3) is 0 Å². The van der Waals surface area contributed by atoms with Crippen LogP contribution in [0.1, 0.15) is 53.9 Å². The minimum Gasteiger partial charge on any atom is -0.377 e. The first-order valence-corrected chi connectivity index (χ1v) is 7.74. The van der Waals surface area contributed by atoms with E-state index >= 15 is 0 Å². The molecule has 0 spiro atoms. The molecule has 0 aromatic carbocycles. The van der Waals surface area contributed by atoms with Gasteiger partial charge in [-0.2, -0.15) is 0 Å². The van der Waals surface area contributed by atoms with Crippen molar-refractivity contribution in [2.24, 2.45) is 22.7 Å². The van der Waals surface area contributed by atoms with Gasteiger partial charge in [0.15, 0.2) is 0 Å². The summed E-state index contributed by atoms with van der Waals surface area (Å²) in [6.07, 6.45) is 4.56. The molecule has 2 rings (SSSR count). The first-order chi connectivity index (χ1) is 8.41. The van der Waals surface area contributed by atoms with E-state index in [1.165, 1.54) is 19.3 Å². The highest BCUT2D eigenvalue weighted by atomic mass is 16.5. The summed E-state index contributed by atoms with van der Waals surface area (Å²) < 4.78 is 6.29. The van der Waals surface area contributed by atoms with Gasteiger partial charge in [-0.25, -0.2) is 0 Å². The molecule has 18 heavy (non-hydrogen) atoms. The van der Waals surface area contributed by atoms with Crippen LogP contribution in [-0.4, -0.2) is 25.8 Å². The number of hydrogen-bond acceptors (Lipinski definition) is 2. The van der Waals surface area contributed by atoms with Crippen LogP contribution >= 0.6 is 0 Å². The normalized spacial score (nSPS) is 39.2. The van der Waals surface area contributed by atoms with Crippen molar-refractivity contribution in [1.29, 1.82) is 0 Å². The van der Waals surface area contributed by atoms with E-state index in [4.69, 9.17) is 4.74 Å². The van der Waals surface area contributed by atoms with Gasteiger partial charge >= 0.3 is 0 Å². The molecule has 0 amide bonds. The fourth-order valence-corrected chi connectivity index (χ4v) is 4.11. The van der Waals surface area contributed by atoms with Crippen LogP contribution in [0.2, 0.25) is 0 Å². The Bertz CT molecular complexity index is 289. The van der Waals surface area contributed by atoms with E-state index in [1.54, 1.807) is 0 Å². The lowest BCUT2D eigenvalue weighted by Crippen LogP contribution is -2.38. The molecular weight excluding hydrogens is 222 g/mol. The predicted molar refractivity (Wildman–Crippen MR) is 76.7 cm³/mol. The zero-order chi connectivity index (χ0) is 13.4. The number of fused-ring (bicyclic) bond motifs is 2. The third kappa shape index (κ3) is 2.22. The second-order valence-corrected chi connectivity index (χ2v) is 7.35. The minimum absolute atomic E-state index is 0.412. The van der Waals surface area contributed by atoms with E-state index in [1.807, 2.05) is 0 Å². The Kier molecular flexibility index (Phi) is 4.08. The van der Waals surface area contributed by atoms with E-state index in [2.05, 4.69) is 39.9 Å². The van der Waals surface area contributed by atoms with Crippen LogP contribution in [0.3, 0.4) is 0 Å². The average molecular weight is 253 g/mol. The van der Waals surface area contributed by atoms with Crippen LogP contribution in [-0.2, 0) is 4.74 Å². The number of ether oxygens (including phenoxy) is 1. The molecule has 2 fully saturated rings. The number of hydrogen-bond donors (Lipinski definition) is 1. The minimum atomic E-state index is 0.412. The Labute approximate surface area is 113 Å². The molecule has 2 saturated carbocycles. The Balaban J connectivity index is 1.85. The lowest BCUT2D eigenvalue weighted by atomic mass is 9.70. The van der Waals surface area contributed by atoms with Crippen LogP contribution in [0.15, 0.2) is 0 Å². The standard InChI is InChI=1S/C16H31NO/c1-6-17-10-12(2)11-18-14-9-13-7-8-16(14,5)15(13,3)4/h12-14,17H,6-11H2,1-5H3. The van der Waals surface area contributed by atoms with Crippen LogP contribution < -0.4 is 5.32 Å². The van der Waals surface area contributed by atoms with Crippen molar-refractivity contribution in [3.8, 4) is 0 Å². The lowest BCUT2D eigenvalue weighted by Gasteiger charge is -2.39. The van der Waals surface area contributed by atoms with Crippen LogP contribution in [0.4, 0.5) is 0 Å². The van der Waals surface area contributed by atoms with Gasteiger partial charge in [0.2, 0.25) is 0 Å². The van der Waals surface area contributed by atoms with Gasteiger partial charge in [0.05, 0.1) is 12.7 Å². The summed E-state index contributed by atoms with van der Waals surface area (Å²) in [5.74, 6) is 1.51. The van der Waals surface area contributed by atoms with Crippen molar-refractivity contribution < 1.29 is 4.74 Å². The van der Waals surface area contributed by atoms with Gasteiger partial charge in [-0.3, -0.25) is 0 Å². The largest absolute Gasteiger partial charge is 0.377 e. The second kappa shape index (κ2) is 5.13. The molecule has 4 atom stereocenters. The van der Waals surface area contributed by atoms with Gasteiger partial charge in [-0.1, -0.05) is 34.6 Å². The van der Waals surface area contributed by atoms with Gasteiger partial charge in [-0.05, 0) is 55.0 Å². The summed E-state index contributed by atoms with van der Waals surface area (Å²) in [5, 5.41) is 3.40. The van der Waals surface area contributed by atoms with Gasteiger partial charge in [0, 0.05) is 0 Å². The zero-order valence-corrected chi connectivity index (χ0v) is 12.9. The van der Waals surface area contributed by atoms with Crippen molar-refractivity contribution in [3.63, 3.8) is 0 Å². The molecule has 2 aliphatic carbocycles. The third-order valence-electron chi connectivity index (χ3n) is 6.04. The molecule has 4 unspecified atom stereocenters. The van der Waals surface area contributed by atoms with Crippen molar-refractivity contribution in [3.05, 3.63) is 0 Å². The number of nitrogens with one attached hydrogen (secondary N) is 1. The average Bonchev–Trinajstić information content (AvgIpc) is 2.66. The van der Waals surface area contributed by atoms with E-state index in [0.29, 0.717) is 22.9 Å². The van der Waals surface area contributed by atoms with Crippen LogP contribution in [0.25, 0.3) is 0 Å². The zero-order valence-electron chi connectivity index (χ0n) is 12.9. The summed E-state index contributed by atoms with van der Waals surface area (Å²) in [4.78, 5) is 0. The third-order valence-corrected chi connectivity index (χ3v) is 6.04. The Hall–Kier alpha value is -0.0800. The first-order valence-electron chi connectivity index (χ1n) is 7.74. The van der Waals surface area contributed by atoms with Crippen LogP contribution in [0.5, 0.6) is 0 Å². The highest BCUT2D eigenvalue weighted by Gasteiger charge is 2.61. The molecule has 0 aliphatic heterocycles. The Morgan fingerprint density at radius 1 is 1.33 bits per heavy atom. The molecule has 1 N–H and O–H groups in total.